The fourth-order valence-corrected chi connectivity index (χ4v) is 3.32. The van der Waals surface area contributed by atoms with Crippen LogP contribution in [0.3, 0.4) is 0 Å². The molecule has 0 spiro atoms. The minimum atomic E-state index is 0.636. The topological polar surface area (TPSA) is 41.8 Å². The lowest BCUT2D eigenvalue weighted by Crippen LogP contribution is -2.18. The van der Waals surface area contributed by atoms with Crippen molar-refractivity contribution in [1.82, 2.24) is 0 Å². The molecule has 0 amide bonds. The highest BCUT2D eigenvalue weighted by atomic mass is 16.1. The smallest absolute Gasteiger partial charge is 0.152 e. The van der Waals surface area contributed by atoms with Crippen LogP contribution in [-0.4, -0.2) is 6.29 Å². The second-order valence-electron chi connectivity index (χ2n) is 5.46. The minimum absolute atomic E-state index is 0.636. The van der Waals surface area contributed by atoms with Gasteiger partial charge in [-0.15, -0.1) is 0 Å². The van der Waals surface area contributed by atoms with Crippen molar-refractivity contribution >= 4 is 17.7 Å². The zero-order valence-electron chi connectivity index (χ0n) is 11.6. The van der Waals surface area contributed by atoms with Gasteiger partial charge >= 0.3 is 0 Å². The highest BCUT2D eigenvalue weighted by Crippen LogP contribution is 2.37. The van der Waals surface area contributed by atoms with Gasteiger partial charge in [-0.25, -0.2) is 9.98 Å². The van der Waals surface area contributed by atoms with Crippen molar-refractivity contribution in [2.75, 3.05) is 0 Å². The maximum atomic E-state index is 11.8. The van der Waals surface area contributed by atoms with Crippen molar-refractivity contribution in [2.24, 2.45) is 9.98 Å². The molecule has 0 fully saturated rings. The van der Waals surface area contributed by atoms with E-state index in [2.05, 4.69) is 9.98 Å². The molecule has 3 nitrogen and oxygen atoms in total. The molecule has 0 radical (unpaired) electrons. The third kappa shape index (κ3) is 1.33. The Hall–Kier alpha value is -3.07. The number of benzene rings is 3. The second kappa shape index (κ2) is 3.98. The Kier molecular flexibility index (Phi) is 2.09. The Morgan fingerprint density at radius 2 is 1.45 bits per heavy atom. The van der Waals surface area contributed by atoms with Crippen LogP contribution in [0.15, 0.2) is 64.6 Å². The highest BCUT2D eigenvalue weighted by molar-refractivity contribution is 5.96. The highest BCUT2D eigenvalue weighted by Gasteiger charge is 2.24. The van der Waals surface area contributed by atoms with E-state index in [0.717, 1.165) is 50.6 Å². The van der Waals surface area contributed by atoms with E-state index in [4.69, 9.17) is 0 Å². The number of carbonyl (C=O) groups is 1. The van der Waals surface area contributed by atoms with E-state index in [1.54, 1.807) is 0 Å². The zero-order chi connectivity index (χ0) is 14.7. The molecule has 3 aromatic carbocycles. The summed E-state index contributed by atoms with van der Waals surface area (Å²) in [6.07, 6.45) is 0.907. The molecular weight excluding hydrogens is 272 g/mol. The predicted molar refractivity (Wildman–Crippen MR) is 84.3 cm³/mol. The van der Waals surface area contributed by atoms with Crippen molar-refractivity contribution < 1.29 is 4.79 Å². The number of rotatable bonds is 1. The molecule has 0 aliphatic carbocycles. The summed E-state index contributed by atoms with van der Waals surface area (Å²) in [6, 6.07) is 17.9. The molecule has 0 unspecified atom stereocenters. The fourth-order valence-electron chi connectivity index (χ4n) is 3.32. The summed E-state index contributed by atoms with van der Waals surface area (Å²) in [5.41, 5.74) is 6.43. The van der Waals surface area contributed by atoms with E-state index in [9.17, 15) is 4.79 Å². The van der Waals surface area contributed by atoms with Crippen molar-refractivity contribution in [3.8, 4) is 22.3 Å². The van der Waals surface area contributed by atoms with Crippen LogP contribution < -0.4 is 10.7 Å². The molecule has 0 saturated carbocycles. The summed E-state index contributed by atoms with van der Waals surface area (Å²) in [4.78, 5) is 21.1. The van der Waals surface area contributed by atoms with E-state index in [-0.39, 0.29) is 0 Å². The third-order valence-corrected chi connectivity index (χ3v) is 4.28. The van der Waals surface area contributed by atoms with Crippen molar-refractivity contribution in [2.45, 2.75) is 0 Å². The van der Waals surface area contributed by atoms with Gasteiger partial charge in [0.2, 0.25) is 0 Å². The molecule has 2 heterocycles. The molecule has 22 heavy (non-hydrogen) atoms. The molecule has 0 aromatic heterocycles. The summed E-state index contributed by atoms with van der Waals surface area (Å²) in [5.74, 6) is 0. The van der Waals surface area contributed by atoms with Gasteiger partial charge in [0.1, 0.15) is 0 Å². The first-order valence-electron chi connectivity index (χ1n) is 7.15. The van der Waals surface area contributed by atoms with Crippen LogP contribution in [0.4, 0.5) is 11.4 Å². The molecule has 5 rings (SSSR count). The summed E-state index contributed by atoms with van der Waals surface area (Å²) >= 11 is 0. The molecule has 2 aliphatic rings. The average molecular weight is 282 g/mol. The first-order chi connectivity index (χ1) is 10.9. The lowest BCUT2D eigenvalue weighted by Gasteiger charge is -2.04. The first kappa shape index (κ1) is 11.6. The number of carbonyl (C=O) groups excluding carboxylic acids is 1. The normalized spacial score (nSPS) is 12.5. The molecule has 102 valence electrons. The zero-order valence-corrected chi connectivity index (χ0v) is 11.6. The van der Waals surface area contributed by atoms with Gasteiger partial charge in [-0.05, 0) is 18.2 Å². The van der Waals surface area contributed by atoms with Gasteiger partial charge in [0.25, 0.3) is 0 Å². The summed E-state index contributed by atoms with van der Waals surface area (Å²) in [5, 5.41) is 1.62. The lowest BCUT2D eigenvalue weighted by molar-refractivity contribution is 0.112. The lowest BCUT2D eigenvalue weighted by atomic mass is 9.95. The van der Waals surface area contributed by atoms with Crippen LogP contribution in [0.25, 0.3) is 22.3 Å². The van der Waals surface area contributed by atoms with E-state index in [1.165, 1.54) is 0 Å². The van der Waals surface area contributed by atoms with Crippen LogP contribution >= 0.6 is 0 Å². The predicted octanol–water partition coefficient (Wildman–Crippen LogP) is 3.36. The molecule has 2 aliphatic heterocycles. The SMILES string of the molecule is O=Cc1c2c(cc3c1=Nc1ccccc1-3)=Nc1ccccc1-2. The molecule has 0 N–H and O–H groups in total. The minimum Gasteiger partial charge on any atom is -0.298 e. The van der Waals surface area contributed by atoms with Gasteiger partial charge < -0.3 is 0 Å². The Morgan fingerprint density at radius 3 is 2.23 bits per heavy atom. The summed E-state index contributed by atoms with van der Waals surface area (Å²) in [6.45, 7) is 0. The standard InChI is InChI=1S/C19H10N2O/c22-10-14-18-12-6-2-4-8-16(12)20-17(18)9-13-11-5-1-3-7-15(11)21-19(13)14/h1-10H. The van der Waals surface area contributed by atoms with E-state index in [1.807, 2.05) is 54.6 Å². The van der Waals surface area contributed by atoms with Crippen molar-refractivity contribution in [3.63, 3.8) is 0 Å². The van der Waals surface area contributed by atoms with Gasteiger partial charge in [0.05, 0.1) is 27.7 Å². The van der Waals surface area contributed by atoms with E-state index in [0.29, 0.717) is 5.56 Å². The van der Waals surface area contributed by atoms with Crippen LogP contribution in [0.2, 0.25) is 0 Å². The Labute approximate surface area is 126 Å². The molecule has 0 bridgehead atoms. The fraction of sp³-hybridized carbons (Fsp3) is 0. The van der Waals surface area contributed by atoms with E-state index < -0.39 is 0 Å². The van der Waals surface area contributed by atoms with Gasteiger partial charge in [-0.1, -0.05) is 36.4 Å². The average Bonchev–Trinajstić information content (AvgIpc) is 3.11. The molecule has 3 heteroatoms. The van der Waals surface area contributed by atoms with Gasteiger partial charge in [-0.3, -0.25) is 4.79 Å². The Morgan fingerprint density at radius 1 is 0.773 bits per heavy atom. The maximum Gasteiger partial charge on any atom is 0.152 e. The number of fused-ring (bicyclic) bond motifs is 6. The third-order valence-electron chi connectivity index (χ3n) is 4.28. The van der Waals surface area contributed by atoms with Crippen LogP contribution in [0, 0.1) is 0 Å². The molecule has 0 saturated heterocycles. The Balaban J connectivity index is 1.96. The van der Waals surface area contributed by atoms with Gasteiger partial charge in [0, 0.05) is 22.3 Å². The van der Waals surface area contributed by atoms with Crippen LogP contribution in [0.5, 0.6) is 0 Å². The van der Waals surface area contributed by atoms with Gasteiger partial charge in [-0.2, -0.15) is 0 Å². The maximum absolute atomic E-state index is 11.8. The summed E-state index contributed by atoms with van der Waals surface area (Å²) in [7, 11) is 0. The summed E-state index contributed by atoms with van der Waals surface area (Å²) < 4.78 is 0. The number of para-hydroxylation sites is 2. The number of aldehydes is 1. The Bertz CT molecular complexity index is 1100. The number of hydrogen-bond donors (Lipinski definition) is 0. The van der Waals surface area contributed by atoms with Crippen LogP contribution in [0.1, 0.15) is 10.4 Å². The van der Waals surface area contributed by atoms with Crippen molar-refractivity contribution in [1.29, 1.82) is 0 Å². The molecule has 3 aromatic rings. The number of hydrogen-bond acceptors (Lipinski definition) is 3. The monoisotopic (exact) mass is 282 g/mol. The quantitative estimate of drug-likeness (QED) is 0.435. The van der Waals surface area contributed by atoms with Crippen molar-refractivity contribution in [3.05, 3.63) is 70.9 Å². The number of nitrogens with zero attached hydrogens (tertiary/aromatic N) is 2. The molecular formula is C19H10N2O. The first-order valence-corrected chi connectivity index (χ1v) is 7.15. The largest absolute Gasteiger partial charge is 0.298 e. The van der Waals surface area contributed by atoms with E-state index >= 15 is 0 Å². The van der Waals surface area contributed by atoms with Gasteiger partial charge in [0.15, 0.2) is 6.29 Å². The van der Waals surface area contributed by atoms with Crippen LogP contribution in [-0.2, 0) is 0 Å². The second-order valence-corrected chi connectivity index (χ2v) is 5.46. The molecule has 0 atom stereocenters.